The number of fused-ring (bicyclic) bond motifs is 8. The molecule has 343 valence electrons. The van der Waals surface area contributed by atoms with Gasteiger partial charge in [-0.2, -0.15) is 0 Å². The Morgan fingerprint density at radius 2 is 0.507 bits per heavy atom. The number of aromatic carboxylic acids is 4. The van der Waals surface area contributed by atoms with E-state index < -0.39 is 23.9 Å². The molecule has 1 radical (unpaired) electrons. The van der Waals surface area contributed by atoms with E-state index in [-0.39, 0.29) is 39.3 Å². The van der Waals surface area contributed by atoms with Gasteiger partial charge in [-0.1, -0.05) is 112 Å². The minimum atomic E-state index is -1.12. The van der Waals surface area contributed by atoms with Gasteiger partial charge in [-0.15, -0.1) is 22.1 Å². The minimum Gasteiger partial charge on any atom is -0.655 e. The molecular formula is C48H20Br8MnN4O8. The number of halogens is 8. The molecule has 0 fully saturated rings. The molecule has 0 spiro atoms. The van der Waals surface area contributed by atoms with Gasteiger partial charge in [0.15, 0.2) is 0 Å². The SMILES string of the molecule is O=C(O)c1ccc(-c2c3nc(c(-c4ccc(C(=O)O)cc4)c4[n-]c(c(Br)c4Br)c(-c4ccc(C(=O)O)cc4)c4nc(c(-c5ccc(C(=O)O)cc5)c5[n-]c2c(Br)c5Br)C(Br)=C4Br)C(Br)=C3Br)cc1.[Mn+2]. The molecule has 21 heteroatoms. The fourth-order valence-corrected chi connectivity index (χ4v) is 11.5. The quantitative estimate of drug-likeness (QED) is 0.105. The van der Waals surface area contributed by atoms with Crippen molar-refractivity contribution in [3.8, 4) is 44.5 Å². The number of carboxylic acid groups (broad SMARTS) is 4. The van der Waals surface area contributed by atoms with Gasteiger partial charge in [0.2, 0.25) is 0 Å². The molecule has 9 rings (SSSR count). The average molecular weight is 1470 g/mol. The Labute approximate surface area is 467 Å². The Balaban J connectivity index is 0.00000642. The van der Waals surface area contributed by atoms with E-state index in [1.807, 2.05) is 0 Å². The molecule has 0 amide bonds. The first kappa shape index (κ1) is 51.1. The third-order valence-electron chi connectivity index (χ3n) is 10.9. The van der Waals surface area contributed by atoms with Crippen LogP contribution in [0.2, 0.25) is 0 Å². The minimum absolute atomic E-state index is 0. The number of hydrogen-bond acceptors (Lipinski definition) is 6. The number of benzene rings is 4. The predicted molar refractivity (Wildman–Crippen MR) is 289 cm³/mol. The Hall–Kier alpha value is -4.28. The maximum atomic E-state index is 12.1. The standard InChI is InChI=1S/C48H22Br8N4O8.Mn/c49-29-31(51)39-26(18-3-11-22(12-4-18)46(63)64)41-33(53)35(55)43(59-41)28(20-7-15-24(16-8-20)48(67)68)44-36(56)34(54)42(60-44)27(19-5-13-23(14-6-19)47(65)66)40-32(52)30(50)38(58-40)25(37(29)57-39)17-1-9-21(10-2-17)45(61)62;/h1-16H,(H6,57,58,59,60,61,62,63,64,65,66,67,68);/q;+2/p-2. The summed E-state index contributed by atoms with van der Waals surface area (Å²) < 4.78 is 3.86. The summed E-state index contributed by atoms with van der Waals surface area (Å²) in [6, 6.07) is 25.1. The maximum Gasteiger partial charge on any atom is 2.00 e. The Kier molecular flexibility index (Phi) is 14.9. The van der Waals surface area contributed by atoms with E-state index in [4.69, 9.17) is 19.9 Å². The van der Waals surface area contributed by atoms with Crippen LogP contribution in [0, 0.1) is 0 Å². The van der Waals surface area contributed by atoms with Gasteiger partial charge in [0.1, 0.15) is 0 Å². The van der Waals surface area contributed by atoms with Crippen molar-refractivity contribution >= 4 is 191 Å². The summed E-state index contributed by atoms with van der Waals surface area (Å²) in [5, 5.41) is 39.5. The summed E-state index contributed by atoms with van der Waals surface area (Å²) in [7, 11) is 0. The zero-order chi connectivity index (χ0) is 48.6. The van der Waals surface area contributed by atoms with Crippen molar-refractivity contribution in [2.45, 2.75) is 0 Å². The fourth-order valence-electron chi connectivity index (χ4n) is 7.66. The summed E-state index contributed by atoms with van der Waals surface area (Å²) in [6.45, 7) is 0. The Morgan fingerprint density at radius 1 is 0.333 bits per heavy atom. The molecule has 2 aliphatic rings. The van der Waals surface area contributed by atoms with Crippen molar-refractivity contribution in [3.63, 3.8) is 0 Å². The number of carbonyl (C=O) groups is 4. The van der Waals surface area contributed by atoms with Gasteiger partial charge >= 0.3 is 40.9 Å². The van der Waals surface area contributed by atoms with Gasteiger partial charge in [-0.05, 0) is 157 Å². The van der Waals surface area contributed by atoms with Gasteiger partial charge < -0.3 is 30.4 Å². The second-order valence-electron chi connectivity index (χ2n) is 14.8. The topological polar surface area (TPSA) is 203 Å². The number of aromatic nitrogens is 4. The van der Waals surface area contributed by atoms with Gasteiger partial charge in [0, 0.05) is 17.9 Å². The molecule has 4 N–H and O–H groups in total. The normalized spacial score (nSPS) is 12.3. The summed E-state index contributed by atoms with van der Waals surface area (Å²) in [6.07, 6.45) is 0. The van der Waals surface area contributed by atoms with E-state index in [9.17, 15) is 39.6 Å². The number of hydrogen-bond donors (Lipinski definition) is 4. The van der Waals surface area contributed by atoms with Crippen molar-refractivity contribution in [1.29, 1.82) is 0 Å². The smallest absolute Gasteiger partial charge is 0.655 e. The number of nitrogens with zero attached hydrogens (tertiary/aromatic N) is 4. The van der Waals surface area contributed by atoms with E-state index in [1.165, 1.54) is 48.5 Å². The van der Waals surface area contributed by atoms with E-state index in [1.54, 1.807) is 48.5 Å². The molecule has 69 heavy (non-hydrogen) atoms. The molecule has 7 aromatic rings. The van der Waals surface area contributed by atoms with Crippen molar-refractivity contribution in [2.24, 2.45) is 0 Å². The molecular weight excluding hydrogens is 1450 g/mol. The largest absolute Gasteiger partial charge is 2.00 e. The van der Waals surface area contributed by atoms with Crippen LogP contribution in [-0.4, -0.2) is 54.3 Å². The van der Waals surface area contributed by atoms with E-state index >= 15 is 0 Å². The van der Waals surface area contributed by atoms with Crippen LogP contribution in [0.5, 0.6) is 0 Å². The summed E-state index contributed by atoms with van der Waals surface area (Å²) in [5.41, 5.74) is 7.15. The van der Waals surface area contributed by atoms with E-state index in [2.05, 4.69) is 127 Å². The molecule has 0 aliphatic carbocycles. The molecule has 3 aromatic heterocycles. The van der Waals surface area contributed by atoms with Gasteiger partial charge in [0.25, 0.3) is 0 Å². The third kappa shape index (κ3) is 9.06. The van der Waals surface area contributed by atoms with Crippen LogP contribution in [0.3, 0.4) is 0 Å². The zero-order valence-corrected chi connectivity index (χ0v) is 47.7. The molecule has 8 bridgehead atoms. The first-order chi connectivity index (χ1) is 32.4. The molecule has 4 aromatic carbocycles. The van der Waals surface area contributed by atoms with Crippen molar-refractivity contribution in [1.82, 2.24) is 19.9 Å². The van der Waals surface area contributed by atoms with Crippen LogP contribution >= 0.6 is 127 Å². The van der Waals surface area contributed by atoms with Crippen LogP contribution in [-0.2, 0) is 17.1 Å². The van der Waals surface area contributed by atoms with E-state index in [0.717, 1.165) is 0 Å². The fraction of sp³-hybridized carbons (Fsp3) is 0. The molecule has 5 heterocycles. The number of rotatable bonds is 8. The predicted octanol–water partition coefficient (Wildman–Crippen LogP) is 15.3. The van der Waals surface area contributed by atoms with Crippen LogP contribution in [0.1, 0.15) is 64.2 Å². The van der Waals surface area contributed by atoms with Crippen LogP contribution in [0.4, 0.5) is 0 Å². The first-order valence-electron chi connectivity index (χ1n) is 19.3. The van der Waals surface area contributed by atoms with Gasteiger partial charge in [-0.25, -0.2) is 29.1 Å². The van der Waals surface area contributed by atoms with Crippen LogP contribution < -0.4 is 9.97 Å². The second kappa shape index (κ2) is 20.1. The summed E-state index contributed by atoms with van der Waals surface area (Å²) >= 11 is 30.7. The van der Waals surface area contributed by atoms with Crippen LogP contribution in [0.15, 0.2) is 115 Å². The number of carboxylic acids is 4. The summed E-state index contributed by atoms with van der Waals surface area (Å²) in [4.78, 5) is 69.6. The first-order valence-corrected chi connectivity index (χ1v) is 25.6. The molecule has 0 saturated carbocycles. The van der Waals surface area contributed by atoms with Gasteiger partial charge in [-0.3, -0.25) is 0 Å². The Morgan fingerprint density at radius 3 is 0.667 bits per heavy atom. The van der Waals surface area contributed by atoms with Crippen molar-refractivity contribution < 1.29 is 56.7 Å². The van der Waals surface area contributed by atoms with Crippen LogP contribution in [0.25, 0.3) is 84.5 Å². The third-order valence-corrected chi connectivity index (χ3v) is 19.2. The zero-order valence-electron chi connectivity index (χ0n) is 33.8. The Bertz CT molecular complexity index is 3180. The molecule has 0 unspecified atom stereocenters. The maximum absolute atomic E-state index is 12.1. The summed E-state index contributed by atoms with van der Waals surface area (Å²) in [5.74, 6) is -4.48. The van der Waals surface area contributed by atoms with E-state index in [0.29, 0.717) is 125 Å². The second-order valence-corrected chi connectivity index (χ2v) is 21.1. The monoisotopic (exact) mass is 1470 g/mol. The molecule has 12 nitrogen and oxygen atoms in total. The average Bonchev–Trinajstić information content (AvgIpc) is 3.98. The van der Waals surface area contributed by atoms with Crippen molar-refractivity contribution in [3.05, 3.63) is 160 Å². The molecule has 0 atom stereocenters. The van der Waals surface area contributed by atoms with Crippen molar-refractivity contribution in [2.75, 3.05) is 0 Å². The molecule has 2 aliphatic heterocycles. The molecule has 0 saturated heterocycles. The van der Waals surface area contributed by atoms with Gasteiger partial charge in [0.05, 0.1) is 63.0 Å².